The molecule has 1 aliphatic rings. The first kappa shape index (κ1) is 17.7. The van der Waals surface area contributed by atoms with Crippen LogP contribution < -0.4 is 15.5 Å². The summed E-state index contributed by atoms with van der Waals surface area (Å²) in [6.07, 6.45) is 8.47. The van der Waals surface area contributed by atoms with Crippen LogP contribution in [-0.4, -0.2) is 35.5 Å². The number of nitrogens with one attached hydrogen (secondary N) is 2. The lowest BCUT2D eigenvalue weighted by Gasteiger charge is -2.32. The predicted molar refractivity (Wildman–Crippen MR) is 98.5 cm³/mol. The lowest BCUT2D eigenvalue weighted by molar-refractivity contribution is -0.124. The molecular weight excluding hydrogens is 333 g/mol. The second-order valence-electron chi connectivity index (χ2n) is 6.05. The summed E-state index contributed by atoms with van der Waals surface area (Å²) in [5, 5.41) is 5.69. The summed E-state index contributed by atoms with van der Waals surface area (Å²) in [6, 6.07) is 8.08. The molecule has 26 heavy (non-hydrogen) atoms. The number of rotatable bonds is 5. The number of anilines is 3. The van der Waals surface area contributed by atoms with Crippen LogP contribution in [0.4, 0.5) is 21.8 Å². The van der Waals surface area contributed by atoms with Gasteiger partial charge in [-0.05, 0) is 31.0 Å². The number of piperidine rings is 1. The van der Waals surface area contributed by atoms with Gasteiger partial charge in [0.05, 0.1) is 18.2 Å². The van der Waals surface area contributed by atoms with Crippen molar-refractivity contribution < 1.29 is 9.18 Å². The van der Waals surface area contributed by atoms with E-state index in [0.29, 0.717) is 24.0 Å². The van der Waals surface area contributed by atoms with E-state index in [2.05, 4.69) is 26.5 Å². The van der Waals surface area contributed by atoms with E-state index in [0.717, 1.165) is 19.4 Å². The van der Waals surface area contributed by atoms with Crippen LogP contribution in [0.1, 0.15) is 12.8 Å². The summed E-state index contributed by atoms with van der Waals surface area (Å²) in [6.45, 7) is 1.52. The van der Waals surface area contributed by atoms with E-state index < -0.39 is 0 Å². The zero-order valence-corrected chi connectivity index (χ0v) is 14.3. The molecule has 1 saturated heterocycles. The van der Waals surface area contributed by atoms with Crippen LogP contribution >= 0.6 is 0 Å². The minimum Gasteiger partial charge on any atom is -0.345 e. The Hall–Kier alpha value is -3.14. The van der Waals surface area contributed by atoms with E-state index in [1.54, 1.807) is 30.5 Å². The highest BCUT2D eigenvalue weighted by molar-refractivity contribution is 5.79. The molecule has 1 aromatic heterocycles. The summed E-state index contributed by atoms with van der Waals surface area (Å²) in [7, 11) is 0. The number of aromatic nitrogens is 2. The number of terminal acetylenes is 1. The van der Waals surface area contributed by atoms with Crippen LogP contribution in [0.3, 0.4) is 0 Å². The van der Waals surface area contributed by atoms with Crippen molar-refractivity contribution in [2.45, 2.75) is 12.8 Å². The van der Waals surface area contributed by atoms with Crippen molar-refractivity contribution in [1.82, 2.24) is 15.3 Å². The SMILES string of the molecule is C#CCNC(=O)C1CCCN(c2nccc(Nc3ccccc3F)n2)C1. The van der Waals surface area contributed by atoms with E-state index in [4.69, 9.17) is 6.42 Å². The van der Waals surface area contributed by atoms with Crippen molar-refractivity contribution >= 4 is 23.4 Å². The van der Waals surface area contributed by atoms with Gasteiger partial charge in [-0.25, -0.2) is 9.37 Å². The molecule has 1 amide bonds. The van der Waals surface area contributed by atoms with Gasteiger partial charge in [0.15, 0.2) is 0 Å². The van der Waals surface area contributed by atoms with Crippen molar-refractivity contribution in [2.75, 3.05) is 29.9 Å². The Kier molecular flexibility index (Phi) is 5.64. The van der Waals surface area contributed by atoms with Gasteiger partial charge in [0.1, 0.15) is 11.6 Å². The molecule has 0 bridgehead atoms. The van der Waals surface area contributed by atoms with E-state index in [9.17, 15) is 9.18 Å². The van der Waals surface area contributed by atoms with Gasteiger partial charge in [-0.3, -0.25) is 4.79 Å². The van der Waals surface area contributed by atoms with Crippen LogP contribution in [-0.2, 0) is 4.79 Å². The van der Waals surface area contributed by atoms with E-state index in [1.165, 1.54) is 6.07 Å². The molecule has 7 heteroatoms. The summed E-state index contributed by atoms with van der Waals surface area (Å²) in [4.78, 5) is 22.9. The Bertz CT molecular complexity index is 820. The first-order valence-electron chi connectivity index (χ1n) is 8.48. The molecule has 0 saturated carbocycles. The second kappa shape index (κ2) is 8.30. The van der Waals surface area contributed by atoms with Crippen LogP contribution in [0.5, 0.6) is 0 Å². The third kappa shape index (κ3) is 4.28. The smallest absolute Gasteiger partial charge is 0.227 e. The highest BCUT2D eigenvalue weighted by Gasteiger charge is 2.27. The number of hydrogen-bond donors (Lipinski definition) is 2. The van der Waals surface area contributed by atoms with Crippen LogP contribution in [0.15, 0.2) is 36.5 Å². The predicted octanol–water partition coefficient (Wildman–Crippen LogP) is 2.33. The van der Waals surface area contributed by atoms with E-state index in [1.807, 2.05) is 4.90 Å². The summed E-state index contributed by atoms with van der Waals surface area (Å²) in [5.41, 5.74) is 0.349. The molecular formula is C19H20FN5O. The van der Waals surface area contributed by atoms with Crippen LogP contribution in [0, 0.1) is 24.1 Å². The molecule has 1 unspecified atom stereocenters. The lowest BCUT2D eigenvalue weighted by Crippen LogP contribution is -2.43. The lowest BCUT2D eigenvalue weighted by atomic mass is 9.97. The van der Waals surface area contributed by atoms with Gasteiger partial charge in [0.2, 0.25) is 11.9 Å². The molecule has 3 rings (SSSR count). The van der Waals surface area contributed by atoms with Crippen molar-refractivity contribution in [1.29, 1.82) is 0 Å². The molecule has 1 aliphatic heterocycles. The minimum atomic E-state index is -0.351. The van der Waals surface area contributed by atoms with Gasteiger partial charge in [-0.2, -0.15) is 4.98 Å². The molecule has 0 radical (unpaired) electrons. The van der Waals surface area contributed by atoms with Crippen molar-refractivity contribution in [3.8, 4) is 12.3 Å². The van der Waals surface area contributed by atoms with Crippen LogP contribution in [0.25, 0.3) is 0 Å². The van der Waals surface area contributed by atoms with Crippen molar-refractivity contribution in [3.05, 3.63) is 42.3 Å². The first-order chi connectivity index (χ1) is 12.7. The normalized spacial score (nSPS) is 16.6. The largest absolute Gasteiger partial charge is 0.345 e. The Morgan fingerprint density at radius 2 is 2.23 bits per heavy atom. The first-order valence-corrected chi connectivity index (χ1v) is 8.48. The molecule has 2 heterocycles. The van der Waals surface area contributed by atoms with Gasteiger partial charge in [0, 0.05) is 19.3 Å². The fourth-order valence-corrected chi connectivity index (χ4v) is 2.93. The summed E-state index contributed by atoms with van der Waals surface area (Å²) >= 11 is 0. The fraction of sp³-hybridized carbons (Fsp3) is 0.316. The average Bonchev–Trinajstić information content (AvgIpc) is 2.68. The highest BCUT2D eigenvalue weighted by Crippen LogP contribution is 2.23. The summed E-state index contributed by atoms with van der Waals surface area (Å²) in [5.74, 6) is 2.87. The van der Waals surface area contributed by atoms with Crippen LogP contribution in [0.2, 0.25) is 0 Å². The molecule has 2 aromatic rings. The topological polar surface area (TPSA) is 70.2 Å². The molecule has 1 aromatic carbocycles. The van der Waals surface area contributed by atoms with E-state index >= 15 is 0 Å². The quantitative estimate of drug-likeness (QED) is 0.808. The molecule has 6 nitrogen and oxygen atoms in total. The summed E-state index contributed by atoms with van der Waals surface area (Å²) < 4.78 is 13.8. The number of carbonyl (C=O) groups excluding carboxylic acids is 1. The van der Waals surface area contributed by atoms with Gasteiger partial charge >= 0.3 is 0 Å². The molecule has 1 atom stereocenters. The number of carbonyl (C=O) groups is 1. The third-order valence-corrected chi connectivity index (χ3v) is 4.22. The molecule has 1 fully saturated rings. The number of hydrogen-bond acceptors (Lipinski definition) is 5. The van der Waals surface area contributed by atoms with Gasteiger partial charge < -0.3 is 15.5 Å². The highest BCUT2D eigenvalue weighted by atomic mass is 19.1. The number of halogens is 1. The third-order valence-electron chi connectivity index (χ3n) is 4.22. The maximum absolute atomic E-state index is 13.8. The Morgan fingerprint density at radius 3 is 3.04 bits per heavy atom. The monoisotopic (exact) mass is 353 g/mol. The van der Waals surface area contributed by atoms with Gasteiger partial charge in [-0.15, -0.1) is 6.42 Å². The molecule has 2 N–H and O–H groups in total. The number of para-hydroxylation sites is 1. The van der Waals surface area contributed by atoms with E-state index in [-0.39, 0.29) is 24.2 Å². The van der Waals surface area contributed by atoms with Gasteiger partial charge in [0.25, 0.3) is 0 Å². The Morgan fingerprint density at radius 1 is 1.38 bits per heavy atom. The zero-order valence-electron chi connectivity index (χ0n) is 14.3. The maximum atomic E-state index is 13.8. The Balaban J connectivity index is 1.70. The molecule has 0 aliphatic carbocycles. The average molecular weight is 353 g/mol. The van der Waals surface area contributed by atoms with Gasteiger partial charge in [-0.1, -0.05) is 18.1 Å². The standard InChI is InChI=1S/C19H20FN5O/c1-2-10-21-18(26)14-6-5-12-25(13-14)19-22-11-9-17(24-19)23-16-8-4-3-7-15(16)20/h1,3-4,7-9,11,14H,5-6,10,12-13H2,(H,21,26)(H,22,23,24). The number of benzene rings is 1. The molecule has 134 valence electrons. The zero-order chi connectivity index (χ0) is 18.4. The van der Waals surface area contributed by atoms with Crippen molar-refractivity contribution in [3.63, 3.8) is 0 Å². The second-order valence-corrected chi connectivity index (χ2v) is 6.05. The number of amides is 1. The fourth-order valence-electron chi connectivity index (χ4n) is 2.93. The minimum absolute atomic E-state index is 0.0479. The molecule has 0 spiro atoms. The Labute approximate surface area is 151 Å². The maximum Gasteiger partial charge on any atom is 0.227 e. The number of nitrogens with zero attached hydrogens (tertiary/aromatic N) is 3. The van der Waals surface area contributed by atoms with Crippen molar-refractivity contribution in [2.24, 2.45) is 5.92 Å².